The van der Waals surface area contributed by atoms with Crippen molar-refractivity contribution in [1.82, 2.24) is 4.57 Å². The van der Waals surface area contributed by atoms with Gasteiger partial charge < -0.3 is 13.7 Å². The van der Waals surface area contributed by atoms with Crippen LogP contribution in [-0.4, -0.2) is 22.9 Å². The van der Waals surface area contributed by atoms with Gasteiger partial charge in [-0.05, 0) is 49.9 Å². The first-order valence-electron chi connectivity index (χ1n) is 9.04. The van der Waals surface area contributed by atoms with Gasteiger partial charge in [-0.3, -0.25) is 4.79 Å². The number of aryl methyl sites for hydroxylation is 2. The molecule has 0 N–H and O–H groups in total. The number of ketones is 1. The Labute approximate surface area is 172 Å². The van der Waals surface area contributed by atoms with E-state index in [1.807, 2.05) is 31.4 Å². The van der Waals surface area contributed by atoms with Gasteiger partial charge in [0.1, 0.15) is 17.4 Å². The molecule has 7 heteroatoms. The molecule has 3 heterocycles. The molecule has 3 aromatic heterocycles. The van der Waals surface area contributed by atoms with Crippen LogP contribution in [0.3, 0.4) is 0 Å². The van der Waals surface area contributed by atoms with E-state index in [1.54, 1.807) is 29.5 Å². The number of furan rings is 1. The van der Waals surface area contributed by atoms with Crippen LogP contribution < -0.4 is 0 Å². The Hall–Kier alpha value is -3.37. The monoisotopic (exact) mass is 408 g/mol. The third kappa shape index (κ3) is 4.92. The molecule has 0 bridgehead atoms. The Morgan fingerprint density at radius 3 is 2.79 bits per heavy atom. The van der Waals surface area contributed by atoms with E-state index in [-0.39, 0.29) is 11.4 Å². The van der Waals surface area contributed by atoms with Crippen molar-refractivity contribution in [2.24, 2.45) is 0 Å². The molecule has 0 saturated heterocycles. The summed E-state index contributed by atoms with van der Waals surface area (Å²) in [4.78, 5) is 26.0. The van der Waals surface area contributed by atoms with Crippen molar-refractivity contribution in [3.05, 3.63) is 75.1 Å². The topological polar surface area (TPSA) is 85.2 Å². The zero-order valence-corrected chi connectivity index (χ0v) is 17.0. The summed E-state index contributed by atoms with van der Waals surface area (Å²) >= 11 is 1.71. The lowest BCUT2D eigenvalue weighted by Crippen LogP contribution is -2.16. The van der Waals surface area contributed by atoms with E-state index in [0.717, 1.165) is 24.4 Å². The van der Waals surface area contributed by atoms with Gasteiger partial charge in [-0.2, -0.15) is 5.26 Å². The summed E-state index contributed by atoms with van der Waals surface area (Å²) < 4.78 is 12.2. The number of aromatic nitrogens is 1. The lowest BCUT2D eigenvalue weighted by atomic mass is 10.1. The van der Waals surface area contributed by atoms with Crippen molar-refractivity contribution in [2.45, 2.75) is 26.8 Å². The zero-order valence-electron chi connectivity index (χ0n) is 16.2. The average Bonchev–Trinajstić information content (AvgIpc) is 3.46. The predicted molar refractivity (Wildman–Crippen MR) is 110 cm³/mol. The van der Waals surface area contributed by atoms with Crippen LogP contribution in [0.2, 0.25) is 0 Å². The fraction of sp³-hybridized carbons (Fsp3) is 0.227. The van der Waals surface area contributed by atoms with Gasteiger partial charge in [0.2, 0.25) is 5.78 Å². The Balaban J connectivity index is 1.64. The summed E-state index contributed by atoms with van der Waals surface area (Å²) in [5, 5.41) is 11.2. The van der Waals surface area contributed by atoms with Crippen molar-refractivity contribution >= 4 is 29.2 Å². The molecule has 0 fully saturated rings. The summed E-state index contributed by atoms with van der Waals surface area (Å²) in [6.45, 7) is 4.18. The van der Waals surface area contributed by atoms with Crippen molar-refractivity contribution in [2.75, 3.05) is 6.61 Å². The van der Waals surface area contributed by atoms with Crippen LogP contribution in [0.5, 0.6) is 0 Å². The van der Waals surface area contributed by atoms with Crippen molar-refractivity contribution in [1.29, 1.82) is 5.26 Å². The van der Waals surface area contributed by atoms with E-state index in [1.165, 1.54) is 17.2 Å². The molecule has 6 nitrogen and oxygen atoms in total. The number of carbonyl (C=O) groups excluding carboxylic acids is 2. The third-order valence-corrected chi connectivity index (χ3v) is 5.48. The molecular formula is C22H20N2O4S. The number of nitriles is 1. The number of Topliss-reactive ketones (excluding diaryl/α,β-unsaturated/α-hetero) is 1. The highest BCUT2D eigenvalue weighted by atomic mass is 32.1. The van der Waals surface area contributed by atoms with E-state index in [0.29, 0.717) is 11.3 Å². The van der Waals surface area contributed by atoms with Gasteiger partial charge in [-0.25, -0.2) is 4.79 Å². The maximum atomic E-state index is 12.6. The molecule has 0 saturated carbocycles. The molecule has 0 aliphatic heterocycles. The second-order valence-electron chi connectivity index (χ2n) is 6.45. The largest absolute Gasteiger partial charge is 0.465 e. The zero-order chi connectivity index (χ0) is 20.8. The number of ether oxygens (including phenoxy) is 1. The minimum absolute atomic E-state index is 0.228. The fourth-order valence-electron chi connectivity index (χ4n) is 3.04. The molecule has 0 unspecified atom stereocenters. The molecule has 0 amide bonds. The maximum Gasteiger partial charge on any atom is 0.349 e. The van der Waals surface area contributed by atoms with Crippen LogP contribution in [0.15, 0.2) is 52.0 Å². The molecule has 0 radical (unpaired) electrons. The molecule has 0 aromatic carbocycles. The number of hydrogen-bond acceptors (Lipinski definition) is 6. The Kier molecular flexibility index (Phi) is 6.47. The number of hydrogen-bond donors (Lipinski definition) is 0. The minimum Gasteiger partial charge on any atom is -0.465 e. The summed E-state index contributed by atoms with van der Waals surface area (Å²) in [6, 6.07) is 10.9. The van der Waals surface area contributed by atoms with Crippen LogP contribution in [0, 0.1) is 25.2 Å². The highest BCUT2D eigenvalue weighted by Crippen LogP contribution is 2.18. The van der Waals surface area contributed by atoms with Gasteiger partial charge in [-0.15, -0.1) is 11.3 Å². The molecule has 0 aliphatic carbocycles. The number of rotatable bonds is 8. The number of thiophene rings is 1. The van der Waals surface area contributed by atoms with Gasteiger partial charge >= 0.3 is 5.97 Å². The van der Waals surface area contributed by atoms with Gasteiger partial charge in [0.05, 0.1) is 6.26 Å². The lowest BCUT2D eigenvalue weighted by Gasteiger charge is -2.09. The van der Waals surface area contributed by atoms with Crippen molar-refractivity contribution in [3.8, 4) is 6.07 Å². The molecule has 0 aliphatic rings. The first-order chi connectivity index (χ1) is 14.0. The van der Waals surface area contributed by atoms with Gasteiger partial charge in [0.25, 0.3) is 0 Å². The van der Waals surface area contributed by atoms with Crippen molar-refractivity contribution < 1.29 is 18.7 Å². The Morgan fingerprint density at radius 2 is 2.14 bits per heavy atom. The van der Waals surface area contributed by atoms with Gasteiger partial charge in [0.15, 0.2) is 6.61 Å². The maximum absolute atomic E-state index is 12.6. The first kappa shape index (κ1) is 20.4. The number of carbonyl (C=O) groups is 2. The number of esters is 1. The quantitative estimate of drug-likeness (QED) is 0.240. The van der Waals surface area contributed by atoms with Crippen LogP contribution in [0.1, 0.15) is 32.4 Å². The highest BCUT2D eigenvalue weighted by molar-refractivity contribution is 7.09. The van der Waals surface area contributed by atoms with Gasteiger partial charge in [-0.1, -0.05) is 6.07 Å². The lowest BCUT2D eigenvalue weighted by molar-refractivity contribution is -0.137. The van der Waals surface area contributed by atoms with Crippen LogP contribution >= 0.6 is 11.3 Å². The normalized spacial score (nSPS) is 11.3. The summed E-state index contributed by atoms with van der Waals surface area (Å²) in [5.74, 6) is -0.799. The van der Waals surface area contributed by atoms with E-state index in [2.05, 4.69) is 10.6 Å². The third-order valence-electron chi connectivity index (χ3n) is 4.54. The fourth-order valence-corrected chi connectivity index (χ4v) is 3.74. The van der Waals surface area contributed by atoms with Crippen LogP contribution in [-0.2, 0) is 22.5 Å². The van der Waals surface area contributed by atoms with Crippen LogP contribution in [0.4, 0.5) is 0 Å². The van der Waals surface area contributed by atoms with E-state index in [9.17, 15) is 9.59 Å². The Bertz CT molecular complexity index is 1070. The average molecular weight is 408 g/mol. The van der Waals surface area contributed by atoms with Crippen molar-refractivity contribution in [3.63, 3.8) is 0 Å². The van der Waals surface area contributed by atoms with Gasteiger partial charge in [0, 0.05) is 34.4 Å². The molecule has 29 heavy (non-hydrogen) atoms. The van der Waals surface area contributed by atoms with E-state index in [4.69, 9.17) is 14.4 Å². The minimum atomic E-state index is -0.858. The second kappa shape index (κ2) is 9.22. The number of nitrogens with zero attached hydrogens (tertiary/aromatic N) is 2. The second-order valence-corrected chi connectivity index (χ2v) is 7.48. The highest BCUT2D eigenvalue weighted by Gasteiger charge is 2.19. The molecule has 148 valence electrons. The molecular weight excluding hydrogens is 388 g/mol. The summed E-state index contributed by atoms with van der Waals surface area (Å²) in [6.07, 6.45) is 3.60. The SMILES string of the molecule is Cc1cc(C(=O)COC(=O)/C(C#N)=C/c2ccco2)c(C)n1CCc1cccs1. The molecule has 3 aromatic rings. The molecule has 0 atom stereocenters. The summed E-state index contributed by atoms with van der Waals surface area (Å²) in [7, 11) is 0. The summed E-state index contributed by atoms with van der Waals surface area (Å²) in [5.41, 5.74) is 2.11. The molecule has 3 rings (SSSR count). The van der Waals surface area contributed by atoms with E-state index < -0.39 is 12.6 Å². The molecule has 0 spiro atoms. The van der Waals surface area contributed by atoms with E-state index >= 15 is 0 Å². The Morgan fingerprint density at radius 1 is 1.31 bits per heavy atom. The first-order valence-corrected chi connectivity index (χ1v) is 9.92. The smallest absolute Gasteiger partial charge is 0.349 e. The predicted octanol–water partition coefficient (Wildman–Crippen LogP) is 4.34. The van der Waals surface area contributed by atoms with Crippen LogP contribution in [0.25, 0.3) is 6.08 Å². The standard InChI is InChI=1S/C22H20N2O4S/c1-15-11-20(16(2)24(15)8-7-19-6-4-10-29-19)21(25)14-28-22(26)17(13-23)12-18-5-3-9-27-18/h3-6,9-12H,7-8,14H2,1-2H3/b17-12+.